The van der Waals surface area contributed by atoms with Crippen LogP contribution in [-0.2, 0) is 34.0 Å². The molecule has 0 radical (unpaired) electrons. The molecule has 0 unspecified atom stereocenters. The zero-order chi connectivity index (χ0) is 28.9. The molecule has 3 aromatic carbocycles. The van der Waals surface area contributed by atoms with Crippen molar-refractivity contribution in [1.82, 2.24) is 9.29 Å². The topological polar surface area (TPSA) is 97.6 Å². The summed E-state index contributed by atoms with van der Waals surface area (Å²) in [5.41, 5.74) is 1.16. The molecule has 11 heteroatoms. The molecule has 1 heterocycles. The predicted octanol–water partition coefficient (Wildman–Crippen LogP) is 5.08. The van der Waals surface area contributed by atoms with Crippen molar-refractivity contribution < 1.29 is 36.2 Å². The maximum absolute atomic E-state index is 13.0. The molecule has 4 aromatic rings. The van der Waals surface area contributed by atoms with E-state index in [0.29, 0.717) is 22.3 Å². The summed E-state index contributed by atoms with van der Waals surface area (Å²) >= 11 is 0. The number of nitrogens with zero attached hydrogens (tertiary/aromatic N) is 1. The number of rotatable bonds is 10. The summed E-state index contributed by atoms with van der Waals surface area (Å²) in [4.78, 5) is 12.0. The van der Waals surface area contributed by atoms with Crippen LogP contribution in [0.3, 0.4) is 0 Å². The molecule has 1 atom stereocenters. The summed E-state index contributed by atoms with van der Waals surface area (Å²) in [5, 5.41) is 10.6. The molecule has 0 aliphatic carbocycles. The van der Waals surface area contributed by atoms with Crippen LogP contribution in [0.15, 0.2) is 83.9 Å². The van der Waals surface area contributed by atoms with E-state index >= 15 is 0 Å². The predicted molar refractivity (Wildman–Crippen MR) is 143 cm³/mol. The largest absolute Gasteiger partial charge is 0.481 e. The maximum Gasteiger partial charge on any atom is 0.416 e. The lowest BCUT2D eigenvalue weighted by Gasteiger charge is -2.15. The van der Waals surface area contributed by atoms with Gasteiger partial charge in [0.25, 0.3) is 0 Å². The van der Waals surface area contributed by atoms with E-state index in [-0.39, 0.29) is 24.5 Å². The summed E-state index contributed by atoms with van der Waals surface area (Å²) < 4.78 is 74.2. The number of halogens is 3. The molecule has 0 bridgehead atoms. The summed E-state index contributed by atoms with van der Waals surface area (Å²) in [7, 11) is -4.19. The van der Waals surface area contributed by atoms with Crippen LogP contribution >= 0.6 is 0 Å². The van der Waals surface area contributed by atoms with Crippen molar-refractivity contribution in [2.24, 2.45) is 0 Å². The van der Waals surface area contributed by atoms with Gasteiger partial charge in [-0.05, 0) is 60.5 Å². The van der Waals surface area contributed by atoms with Crippen LogP contribution in [0.1, 0.15) is 23.6 Å². The number of sulfonamides is 1. The lowest BCUT2D eigenvalue weighted by molar-refractivity contribution is -0.139. The number of hydrogen-bond acceptors (Lipinski definition) is 4. The van der Waals surface area contributed by atoms with E-state index in [1.807, 2.05) is 0 Å². The number of nitrogens with one attached hydrogen (secondary N) is 1. The number of hydrogen-bond donors (Lipinski definition) is 2. The second kappa shape index (κ2) is 11.9. The van der Waals surface area contributed by atoms with E-state index in [4.69, 9.17) is 4.74 Å². The van der Waals surface area contributed by atoms with E-state index in [1.54, 1.807) is 42.0 Å². The lowest BCUT2D eigenvalue weighted by Crippen LogP contribution is -2.42. The minimum atomic E-state index is -4.44. The number of para-hydroxylation sites is 1. The van der Waals surface area contributed by atoms with Gasteiger partial charge in [0.1, 0.15) is 18.4 Å². The van der Waals surface area contributed by atoms with Crippen LogP contribution in [0.2, 0.25) is 0 Å². The highest BCUT2D eigenvalue weighted by Gasteiger charge is 2.30. The zero-order valence-corrected chi connectivity index (χ0v) is 22.1. The Morgan fingerprint density at radius 1 is 1.05 bits per heavy atom. The first-order valence-electron chi connectivity index (χ1n) is 12.1. The van der Waals surface area contributed by atoms with Gasteiger partial charge in [-0.15, -0.1) is 5.92 Å². The number of carbonyl (C=O) groups is 1. The lowest BCUT2D eigenvalue weighted by atomic mass is 10.1. The standard InChI is InChI=1S/C29H25F3N2O5S/c1-2-3-16-39-23-12-14-24(15-13-23)40(37,38)33-26(28(35)36)17-21-19-34(27-7-5-4-6-25(21)27)18-20-8-10-22(11-9-20)29(30,31)32/h4-15,19,26,33H,16-18H2,1H3,(H,35,36)/t26-/m1/s1. The van der Waals surface area contributed by atoms with Gasteiger partial charge in [-0.25, -0.2) is 8.42 Å². The first-order chi connectivity index (χ1) is 19.0. The van der Waals surface area contributed by atoms with Crippen LogP contribution in [0.5, 0.6) is 5.75 Å². The molecule has 2 N–H and O–H groups in total. The number of aliphatic carboxylic acids is 1. The van der Waals surface area contributed by atoms with E-state index < -0.39 is 33.8 Å². The third kappa shape index (κ3) is 6.83. The molecule has 0 aliphatic rings. The van der Waals surface area contributed by atoms with Crippen molar-refractivity contribution in [2.75, 3.05) is 6.61 Å². The van der Waals surface area contributed by atoms with E-state index in [1.165, 1.54) is 36.4 Å². The third-order valence-electron chi connectivity index (χ3n) is 6.15. The summed E-state index contributed by atoms with van der Waals surface area (Å²) in [5.74, 6) is 4.46. The van der Waals surface area contributed by atoms with Crippen LogP contribution in [0.4, 0.5) is 13.2 Å². The Hall–Kier alpha value is -4.27. The monoisotopic (exact) mass is 570 g/mol. The van der Waals surface area contributed by atoms with Crippen LogP contribution in [0, 0.1) is 11.8 Å². The molecule has 0 fully saturated rings. The second-order valence-corrected chi connectivity index (χ2v) is 10.6. The maximum atomic E-state index is 13.0. The summed E-state index contributed by atoms with van der Waals surface area (Å²) in [6, 6.07) is 16.0. The molecule has 40 heavy (non-hydrogen) atoms. The molecule has 0 saturated carbocycles. The third-order valence-corrected chi connectivity index (χ3v) is 7.63. The van der Waals surface area contributed by atoms with Crippen molar-refractivity contribution in [3.63, 3.8) is 0 Å². The second-order valence-electron chi connectivity index (χ2n) is 8.90. The number of fused-ring (bicyclic) bond motifs is 1. The van der Waals surface area contributed by atoms with Gasteiger partial charge in [-0.2, -0.15) is 17.9 Å². The molecule has 1 aromatic heterocycles. The van der Waals surface area contributed by atoms with Crippen molar-refractivity contribution in [3.8, 4) is 17.6 Å². The summed E-state index contributed by atoms with van der Waals surface area (Å²) in [6.45, 7) is 2.05. The van der Waals surface area contributed by atoms with Gasteiger partial charge in [0, 0.05) is 30.1 Å². The van der Waals surface area contributed by atoms with Gasteiger partial charge in [-0.1, -0.05) is 36.3 Å². The molecule has 7 nitrogen and oxygen atoms in total. The Labute approximate surface area is 229 Å². The highest BCUT2D eigenvalue weighted by Crippen LogP contribution is 2.30. The van der Waals surface area contributed by atoms with Crippen LogP contribution < -0.4 is 9.46 Å². The highest BCUT2D eigenvalue weighted by atomic mass is 32.2. The molecule has 0 amide bonds. The number of aromatic nitrogens is 1. The van der Waals surface area contributed by atoms with E-state index in [9.17, 15) is 31.5 Å². The van der Waals surface area contributed by atoms with Gasteiger partial charge in [-0.3, -0.25) is 4.79 Å². The fourth-order valence-corrected chi connectivity index (χ4v) is 5.36. The molecular weight excluding hydrogens is 545 g/mol. The van der Waals surface area contributed by atoms with Crippen LogP contribution in [0.25, 0.3) is 10.9 Å². The van der Waals surface area contributed by atoms with Crippen molar-refractivity contribution in [2.45, 2.75) is 37.0 Å². The van der Waals surface area contributed by atoms with Gasteiger partial charge in [0.2, 0.25) is 10.0 Å². The molecule has 208 valence electrons. The van der Waals surface area contributed by atoms with Gasteiger partial charge < -0.3 is 14.4 Å². The highest BCUT2D eigenvalue weighted by molar-refractivity contribution is 7.89. The van der Waals surface area contributed by atoms with Crippen LogP contribution in [-0.4, -0.2) is 36.7 Å². The smallest absolute Gasteiger partial charge is 0.416 e. The Morgan fingerprint density at radius 2 is 1.73 bits per heavy atom. The van der Waals surface area contributed by atoms with E-state index in [0.717, 1.165) is 17.6 Å². The summed E-state index contributed by atoms with van der Waals surface area (Å²) in [6.07, 6.45) is -2.91. The number of carboxylic acid groups (broad SMARTS) is 1. The Balaban J connectivity index is 1.56. The minimum Gasteiger partial charge on any atom is -0.481 e. The number of ether oxygens (including phenoxy) is 1. The number of carboxylic acids is 1. The quantitative estimate of drug-likeness (QED) is 0.259. The molecule has 0 aliphatic heterocycles. The molecule has 0 spiro atoms. The van der Waals surface area contributed by atoms with Gasteiger partial charge in [0.05, 0.1) is 10.5 Å². The molecular formula is C29H25F3N2O5S. The van der Waals surface area contributed by atoms with Crippen molar-refractivity contribution >= 4 is 26.9 Å². The number of alkyl halides is 3. The first kappa shape index (κ1) is 28.7. The average Bonchev–Trinajstić information content (AvgIpc) is 3.25. The molecule has 0 saturated heterocycles. The Bertz CT molecular complexity index is 1670. The average molecular weight is 571 g/mol. The Kier molecular flexibility index (Phi) is 8.52. The normalized spacial score (nSPS) is 12.5. The van der Waals surface area contributed by atoms with Crippen molar-refractivity contribution in [3.05, 3.63) is 95.7 Å². The first-order valence-corrected chi connectivity index (χ1v) is 13.6. The van der Waals surface area contributed by atoms with E-state index in [2.05, 4.69) is 16.6 Å². The fourth-order valence-electron chi connectivity index (χ4n) is 4.17. The number of benzene rings is 3. The van der Waals surface area contributed by atoms with Crippen molar-refractivity contribution in [1.29, 1.82) is 0 Å². The Morgan fingerprint density at radius 3 is 2.35 bits per heavy atom. The SMILES string of the molecule is CC#CCOc1ccc(S(=O)(=O)N[C@H](Cc2cn(Cc3ccc(C(F)(F)F)cc3)c3ccccc23)C(=O)O)cc1. The van der Waals surface area contributed by atoms with Gasteiger partial charge in [0.15, 0.2) is 0 Å². The molecule has 4 rings (SSSR count). The minimum absolute atomic E-state index is 0.127. The fraction of sp³-hybridized carbons (Fsp3) is 0.207. The van der Waals surface area contributed by atoms with Gasteiger partial charge >= 0.3 is 12.1 Å². The zero-order valence-electron chi connectivity index (χ0n) is 21.3.